The Kier molecular flexibility index (Phi) is 5.50. The Labute approximate surface area is 166 Å². The molecule has 1 amide bonds. The van der Waals surface area contributed by atoms with Gasteiger partial charge in [-0.2, -0.15) is 11.3 Å². The molecule has 4 rings (SSSR count). The van der Waals surface area contributed by atoms with Crippen molar-refractivity contribution >= 4 is 28.6 Å². The van der Waals surface area contributed by atoms with Gasteiger partial charge in [0.05, 0.1) is 12.7 Å². The minimum absolute atomic E-state index is 0.146. The number of carbonyl (C=O) groups is 1. The van der Waals surface area contributed by atoms with Gasteiger partial charge in [0.15, 0.2) is 0 Å². The van der Waals surface area contributed by atoms with Gasteiger partial charge in [0, 0.05) is 30.8 Å². The predicted octanol–water partition coefficient (Wildman–Crippen LogP) is 4.22. The molecule has 7 heteroatoms. The number of hydrogen-bond donors (Lipinski definition) is 0. The molecular weight excluding hydrogens is 378 g/mol. The number of hydrogen-bond acceptors (Lipinski definition) is 6. The molecule has 3 heterocycles. The third kappa shape index (κ3) is 4.20. The van der Waals surface area contributed by atoms with E-state index in [1.54, 1.807) is 29.8 Å². The van der Waals surface area contributed by atoms with E-state index in [1.807, 2.05) is 33.9 Å². The minimum Gasteiger partial charge on any atom is -0.497 e. The first kappa shape index (κ1) is 18.1. The number of carbonyl (C=O) groups excluding carboxylic acids is 1. The summed E-state index contributed by atoms with van der Waals surface area (Å²) in [7, 11) is 1.67. The molecule has 0 spiro atoms. The monoisotopic (exact) mass is 399 g/mol. The van der Waals surface area contributed by atoms with Gasteiger partial charge in [0.1, 0.15) is 15.8 Å². The Balaban J connectivity index is 1.34. The summed E-state index contributed by atoms with van der Waals surface area (Å²) in [5, 5.41) is 14.8. The molecule has 0 unspecified atom stereocenters. The molecular formula is C20H21N3O2S2. The van der Waals surface area contributed by atoms with Crippen molar-refractivity contribution in [3.63, 3.8) is 0 Å². The molecule has 0 saturated carbocycles. The summed E-state index contributed by atoms with van der Waals surface area (Å²) in [6.45, 7) is 1.57. The van der Waals surface area contributed by atoms with Crippen molar-refractivity contribution in [2.45, 2.75) is 25.2 Å². The number of amides is 1. The Morgan fingerprint density at radius 1 is 1.19 bits per heavy atom. The predicted molar refractivity (Wildman–Crippen MR) is 108 cm³/mol. The topological polar surface area (TPSA) is 55.3 Å². The number of methoxy groups -OCH3 is 1. The van der Waals surface area contributed by atoms with Crippen LogP contribution >= 0.6 is 22.7 Å². The summed E-state index contributed by atoms with van der Waals surface area (Å²) < 4.78 is 5.20. The summed E-state index contributed by atoms with van der Waals surface area (Å²) in [4.78, 5) is 14.4. The maximum absolute atomic E-state index is 12.5. The Morgan fingerprint density at radius 2 is 1.96 bits per heavy atom. The van der Waals surface area contributed by atoms with Gasteiger partial charge in [-0.05, 0) is 42.0 Å². The van der Waals surface area contributed by atoms with Crippen molar-refractivity contribution in [1.82, 2.24) is 15.1 Å². The lowest BCUT2D eigenvalue weighted by Gasteiger charge is -2.30. The smallest absolute Gasteiger partial charge is 0.254 e. The van der Waals surface area contributed by atoms with Crippen molar-refractivity contribution in [2.24, 2.45) is 0 Å². The number of nitrogens with zero attached hydrogens (tertiary/aromatic N) is 3. The summed E-state index contributed by atoms with van der Waals surface area (Å²) >= 11 is 3.26. The average molecular weight is 400 g/mol. The SMILES string of the molecule is COc1ccc(Cc2nnc(C3CCN(C(=O)c4ccsc4)CC3)s2)cc1. The largest absolute Gasteiger partial charge is 0.497 e. The third-order valence-electron chi connectivity index (χ3n) is 4.90. The maximum Gasteiger partial charge on any atom is 0.254 e. The van der Waals surface area contributed by atoms with Crippen molar-refractivity contribution in [3.05, 3.63) is 62.2 Å². The summed E-state index contributed by atoms with van der Waals surface area (Å²) in [5.41, 5.74) is 2.01. The van der Waals surface area contributed by atoms with Crippen LogP contribution in [-0.4, -0.2) is 41.2 Å². The van der Waals surface area contributed by atoms with Gasteiger partial charge in [-0.15, -0.1) is 21.5 Å². The second-order valence-electron chi connectivity index (χ2n) is 6.64. The first-order valence-corrected chi connectivity index (χ1v) is 10.8. The van der Waals surface area contributed by atoms with Crippen molar-refractivity contribution in [3.8, 4) is 5.75 Å². The van der Waals surface area contributed by atoms with E-state index in [4.69, 9.17) is 4.74 Å². The van der Waals surface area contributed by atoms with Gasteiger partial charge < -0.3 is 9.64 Å². The van der Waals surface area contributed by atoms with Crippen molar-refractivity contribution < 1.29 is 9.53 Å². The standard InChI is InChI=1S/C20H21N3O2S2/c1-25-17-4-2-14(3-5-17)12-18-21-22-19(27-18)15-6-9-23(10-7-15)20(24)16-8-11-26-13-16/h2-5,8,11,13,15H,6-7,9-10,12H2,1H3. The first-order valence-electron chi connectivity index (χ1n) is 8.99. The van der Waals surface area contributed by atoms with E-state index >= 15 is 0 Å². The van der Waals surface area contributed by atoms with Gasteiger partial charge in [-0.1, -0.05) is 12.1 Å². The van der Waals surface area contributed by atoms with Gasteiger partial charge in [-0.25, -0.2) is 0 Å². The van der Waals surface area contributed by atoms with Crippen LogP contribution in [0, 0.1) is 0 Å². The molecule has 0 aliphatic carbocycles. The highest BCUT2D eigenvalue weighted by Gasteiger charge is 2.26. The quantitative estimate of drug-likeness (QED) is 0.645. The highest BCUT2D eigenvalue weighted by Crippen LogP contribution is 2.31. The molecule has 2 aromatic heterocycles. The lowest BCUT2D eigenvalue weighted by molar-refractivity contribution is 0.0713. The number of aromatic nitrogens is 2. The van der Waals surface area contributed by atoms with Gasteiger partial charge in [0.2, 0.25) is 0 Å². The van der Waals surface area contributed by atoms with E-state index in [0.717, 1.165) is 53.7 Å². The van der Waals surface area contributed by atoms with Gasteiger partial charge in [0.25, 0.3) is 5.91 Å². The van der Waals surface area contributed by atoms with Crippen LogP contribution in [0.3, 0.4) is 0 Å². The Bertz CT molecular complexity index is 882. The number of thiophene rings is 1. The number of ether oxygens (including phenoxy) is 1. The number of benzene rings is 1. The zero-order valence-corrected chi connectivity index (χ0v) is 16.8. The zero-order chi connectivity index (χ0) is 18.6. The highest BCUT2D eigenvalue weighted by molar-refractivity contribution is 7.11. The van der Waals surface area contributed by atoms with E-state index in [2.05, 4.69) is 22.3 Å². The van der Waals surface area contributed by atoms with Crippen LogP contribution in [0.5, 0.6) is 5.75 Å². The normalized spacial score (nSPS) is 15.1. The van der Waals surface area contributed by atoms with Crippen molar-refractivity contribution in [1.29, 1.82) is 0 Å². The molecule has 1 fully saturated rings. The molecule has 0 atom stereocenters. The fourth-order valence-electron chi connectivity index (χ4n) is 3.32. The van der Waals surface area contributed by atoms with E-state index in [0.29, 0.717) is 5.92 Å². The van der Waals surface area contributed by atoms with Crippen LogP contribution in [0.4, 0.5) is 0 Å². The van der Waals surface area contributed by atoms with Crippen LogP contribution in [0.25, 0.3) is 0 Å². The lowest BCUT2D eigenvalue weighted by Crippen LogP contribution is -2.37. The molecule has 27 heavy (non-hydrogen) atoms. The van der Waals surface area contributed by atoms with E-state index in [1.165, 1.54) is 5.56 Å². The number of piperidine rings is 1. The average Bonchev–Trinajstić information content (AvgIpc) is 3.41. The number of rotatable bonds is 5. The third-order valence-corrected chi connectivity index (χ3v) is 6.67. The van der Waals surface area contributed by atoms with Crippen LogP contribution in [0.2, 0.25) is 0 Å². The molecule has 5 nitrogen and oxygen atoms in total. The van der Waals surface area contributed by atoms with Crippen LogP contribution < -0.4 is 4.74 Å². The molecule has 1 saturated heterocycles. The molecule has 140 valence electrons. The van der Waals surface area contributed by atoms with E-state index in [9.17, 15) is 4.79 Å². The summed E-state index contributed by atoms with van der Waals surface area (Å²) in [6, 6.07) is 9.97. The summed E-state index contributed by atoms with van der Waals surface area (Å²) in [5.74, 6) is 1.41. The molecule has 0 bridgehead atoms. The molecule has 0 N–H and O–H groups in total. The first-order chi connectivity index (χ1) is 13.2. The summed E-state index contributed by atoms with van der Waals surface area (Å²) in [6.07, 6.45) is 2.69. The molecule has 0 radical (unpaired) electrons. The second kappa shape index (κ2) is 8.19. The second-order valence-corrected chi connectivity index (χ2v) is 8.51. The van der Waals surface area contributed by atoms with Crippen LogP contribution in [0.1, 0.15) is 44.7 Å². The molecule has 3 aromatic rings. The van der Waals surface area contributed by atoms with Gasteiger partial charge in [-0.3, -0.25) is 4.79 Å². The Morgan fingerprint density at radius 3 is 2.63 bits per heavy atom. The van der Waals surface area contributed by atoms with Crippen LogP contribution in [-0.2, 0) is 6.42 Å². The molecule has 1 aliphatic heterocycles. The lowest BCUT2D eigenvalue weighted by atomic mass is 9.97. The minimum atomic E-state index is 0.146. The van der Waals surface area contributed by atoms with Crippen LogP contribution in [0.15, 0.2) is 41.1 Å². The van der Waals surface area contributed by atoms with E-state index in [-0.39, 0.29) is 5.91 Å². The van der Waals surface area contributed by atoms with Crippen molar-refractivity contribution in [2.75, 3.05) is 20.2 Å². The molecule has 1 aliphatic rings. The maximum atomic E-state index is 12.5. The van der Waals surface area contributed by atoms with E-state index < -0.39 is 0 Å². The zero-order valence-electron chi connectivity index (χ0n) is 15.1. The molecule has 1 aromatic carbocycles. The Hall–Kier alpha value is -2.25. The fraction of sp³-hybridized carbons (Fsp3) is 0.350. The fourth-order valence-corrected chi connectivity index (χ4v) is 4.99. The number of likely N-dealkylation sites (tertiary alicyclic amines) is 1. The highest BCUT2D eigenvalue weighted by atomic mass is 32.1. The van der Waals surface area contributed by atoms with Gasteiger partial charge >= 0.3 is 0 Å².